The van der Waals surface area contributed by atoms with Crippen molar-refractivity contribution < 1.29 is 12.8 Å². The molecule has 1 atom stereocenters. The molecule has 0 aliphatic carbocycles. The van der Waals surface area contributed by atoms with E-state index in [0.717, 1.165) is 23.7 Å². The molecule has 0 saturated carbocycles. The predicted octanol–water partition coefficient (Wildman–Crippen LogP) is 3.52. The standard InChI is InChI=1S/C20H21FN6O2S/c1-12-15-6-4-13(10-17(15)26-25-12)27(2)19-8-9-22-20(24-19)23-18-11-14(30(3,28)29)5-7-16(18)21/h4-12,25-26H,1-3H3,(H,22,23,24). The number of nitrogens with one attached hydrogen (secondary N) is 3. The zero-order valence-electron chi connectivity index (χ0n) is 16.6. The summed E-state index contributed by atoms with van der Waals surface area (Å²) in [6.45, 7) is 2.07. The zero-order valence-corrected chi connectivity index (χ0v) is 17.5. The van der Waals surface area contributed by atoms with Gasteiger partial charge in [0.15, 0.2) is 9.84 Å². The highest BCUT2D eigenvalue weighted by Crippen LogP contribution is 2.33. The highest BCUT2D eigenvalue weighted by atomic mass is 32.2. The minimum Gasteiger partial charge on any atom is -0.329 e. The van der Waals surface area contributed by atoms with E-state index >= 15 is 0 Å². The molecule has 0 spiro atoms. The first-order valence-corrected chi connectivity index (χ1v) is 11.1. The highest BCUT2D eigenvalue weighted by molar-refractivity contribution is 7.90. The SMILES string of the molecule is CC1NNc2cc(N(C)c3ccnc(Nc4cc(S(C)(=O)=O)ccc4F)n3)ccc21. The average Bonchev–Trinajstić information content (AvgIpc) is 3.09. The van der Waals surface area contributed by atoms with Gasteiger partial charge in [-0.1, -0.05) is 6.07 Å². The fourth-order valence-electron chi connectivity index (χ4n) is 3.18. The fraction of sp³-hybridized carbons (Fsp3) is 0.200. The fourth-order valence-corrected chi connectivity index (χ4v) is 3.83. The van der Waals surface area contributed by atoms with Gasteiger partial charge in [0, 0.05) is 25.2 Å². The number of hydrogen-bond donors (Lipinski definition) is 3. The molecule has 1 aromatic heterocycles. The molecular weight excluding hydrogens is 407 g/mol. The van der Waals surface area contributed by atoms with Crippen molar-refractivity contribution in [3.8, 4) is 0 Å². The van der Waals surface area contributed by atoms with Crippen LogP contribution in [0.4, 0.5) is 33.2 Å². The highest BCUT2D eigenvalue weighted by Gasteiger charge is 2.19. The number of aromatic nitrogens is 2. The maximum Gasteiger partial charge on any atom is 0.229 e. The first kappa shape index (κ1) is 20.0. The summed E-state index contributed by atoms with van der Waals surface area (Å²) in [7, 11) is -1.60. The Morgan fingerprint density at radius 3 is 2.73 bits per heavy atom. The van der Waals surface area contributed by atoms with Crippen LogP contribution < -0.4 is 21.1 Å². The number of sulfone groups is 1. The van der Waals surface area contributed by atoms with Crippen molar-refractivity contribution in [1.29, 1.82) is 0 Å². The molecule has 8 nitrogen and oxygen atoms in total. The van der Waals surface area contributed by atoms with Crippen molar-refractivity contribution in [2.45, 2.75) is 17.9 Å². The summed E-state index contributed by atoms with van der Waals surface area (Å²) >= 11 is 0. The number of anilines is 5. The second-order valence-corrected chi connectivity index (χ2v) is 9.11. The van der Waals surface area contributed by atoms with E-state index in [0.29, 0.717) is 5.82 Å². The molecule has 0 fully saturated rings. The number of hydrazine groups is 1. The quantitative estimate of drug-likeness (QED) is 0.531. The van der Waals surface area contributed by atoms with E-state index in [1.54, 1.807) is 12.3 Å². The van der Waals surface area contributed by atoms with E-state index in [-0.39, 0.29) is 22.6 Å². The molecule has 2 aromatic carbocycles. The second-order valence-electron chi connectivity index (χ2n) is 7.10. The summed E-state index contributed by atoms with van der Waals surface area (Å²) in [5.74, 6) is 0.140. The van der Waals surface area contributed by atoms with Crippen molar-refractivity contribution in [2.75, 3.05) is 28.9 Å². The Bertz CT molecular complexity index is 1220. The van der Waals surface area contributed by atoms with Crippen molar-refractivity contribution in [3.05, 3.63) is 60.0 Å². The molecular formula is C20H21FN6O2S. The van der Waals surface area contributed by atoms with E-state index in [1.165, 1.54) is 17.7 Å². The predicted molar refractivity (Wildman–Crippen MR) is 115 cm³/mol. The molecule has 0 bridgehead atoms. The van der Waals surface area contributed by atoms with Crippen molar-refractivity contribution in [2.24, 2.45) is 0 Å². The normalized spacial score (nSPS) is 15.4. The summed E-state index contributed by atoms with van der Waals surface area (Å²) < 4.78 is 37.7. The third-order valence-corrected chi connectivity index (χ3v) is 6.02. The summed E-state index contributed by atoms with van der Waals surface area (Å²) in [6, 6.07) is 11.6. The van der Waals surface area contributed by atoms with Gasteiger partial charge in [0.1, 0.15) is 11.6 Å². The smallest absolute Gasteiger partial charge is 0.229 e. The van der Waals surface area contributed by atoms with Gasteiger partial charge in [0.25, 0.3) is 0 Å². The topological polar surface area (TPSA) is 99.2 Å². The molecule has 3 N–H and O–H groups in total. The molecule has 3 aromatic rings. The molecule has 4 rings (SSSR count). The van der Waals surface area contributed by atoms with Crippen molar-refractivity contribution >= 4 is 38.7 Å². The Kier molecular flexibility index (Phi) is 5.04. The number of benzene rings is 2. The third-order valence-electron chi connectivity index (χ3n) is 4.91. The molecule has 10 heteroatoms. The molecule has 1 aliphatic heterocycles. The van der Waals surface area contributed by atoms with Gasteiger partial charge in [-0.15, -0.1) is 0 Å². The minimum absolute atomic E-state index is 0.00755. The van der Waals surface area contributed by atoms with Gasteiger partial charge >= 0.3 is 0 Å². The van der Waals surface area contributed by atoms with Gasteiger partial charge in [-0.3, -0.25) is 0 Å². The van der Waals surface area contributed by atoms with Crippen LogP contribution in [0.15, 0.2) is 53.6 Å². The van der Waals surface area contributed by atoms with Crippen LogP contribution in [0.5, 0.6) is 0 Å². The van der Waals surface area contributed by atoms with Gasteiger partial charge in [0.05, 0.1) is 22.3 Å². The molecule has 1 unspecified atom stereocenters. The third kappa shape index (κ3) is 3.91. The first-order chi connectivity index (χ1) is 14.2. The van der Waals surface area contributed by atoms with Crippen LogP contribution >= 0.6 is 0 Å². The number of hydrogen-bond acceptors (Lipinski definition) is 8. The number of rotatable bonds is 5. The summed E-state index contributed by atoms with van der Waals surface area (Å²) in [5, 5.41) is 2.77. The lowest BCUT2D eigenvalue weighted by atomic mass is 10.1. The summed E-state index contributed by atoms with van der Waals surface area (Å²) in [4.78, 5) is 10.4. The monoisotopic (exact) mass is 428 g/mol. The van der Waals surface area contributed by atoms with Gasteiger partial charge < -0.3 is 15.6 Å². The van der Waals surface area contributed by atoms with Crippen LogP contribution in [0.3, 0.4) is 0 Å². The Labute approximate surface area is 174 Å². The Morgan fingerprint density at radius 2 is 1.97 bits per heavy atom. The molecule has 30 heavy (non-hydrogen) atoms. The van der Waals surface area contributed by atoms with Crippen molar-refractivity contribution in [1.82, 2.24) is 15.4 Å². The van der Waals surface area contributed by atoms with E-state index in [1.807, 2.05) is 30.1 Å². The first-order valence-electron chi connectivity index (χ1n) is 9.21. The van der Waals surface area contributed by atoms with E-state index in [4.69, 9.17) is 0 Å². The number of halogens is 1. The van der Waals surface area contributed by atoms with Gasteiger partial charge in [-0.2, -0.15) is 4.98 Å². The summed E-state index contributed by atoms with van der Waals surface area (Å²) in [5.41, 5.74) is 9.39. The van der Waals surface area contributed by atoms with Crippen LogP contribution in [0.25, 0.3) is 0 Å². The van der Waals surface area contributed by atoms with E-state index < -0.39 is 15.7 Å². The van der Waals surface area contributed by atoms with Gasteiger partial charge in [-0.05, 0) is 48.9 Å². The second kappa shape index (κ2) is 7.54. The molecule has 0 radical (unpaired) electrons. The molecule has 2 heterocycles. The Balaban J connectivity index is 1.61. The maximum absolute atomic E-state index is 14.2. The molecule has 0 saturated heterocycles. The number of fused-ring (bicyclic) bond motifs is 1. The van der Waals surface area contributed by atoms with E-state index in [9.17, 15) is 12.8 Å². The number of nitrogens with zero attached hydrogens (tertiary/aromatic N) is 3. The van der Waals surface area contributed by atoms with Crippen LogP contribution in [0.2, 0.25) is 0 Å². The van der Waals surface area contributed by atoms with Crippen LogP contribution in [-0.2, 0) is 9.84 Å². The lowest BCUT2D eigenvalue weighted by Gasteiger charge is -2.20. The lowest BCUT2D eigenvalue weighted by molar-refractivity contribution is 0.600. The summed E-state index contributed by atoms with van der Waals surface area (Å²) in [6.07, 6.45) is 2.62. The van der Waals surface area contributed by atoms with Crippen molar-refractivity contribution in [3.63, 3.8) is 0 Å². The van der Waals surface area contributed by atoms with E-state index in [2.05, 4.69) is 33.1 Å². The molecule has 0 amide bonds. The van der Waals surface area contributed by atoms with Gasteiger partial charge in [-0.25, -0.2) is 23.2 Å². The molecule has 1 aliphatic rings. The maximum atomic E-state index is 14.2. The van der Waals surface area contributed by atoms with Gasteiger partial charge in [0.2, 0.25) is 5.95 Å². The minimum atomic E-state index is -3.47. The lowest BCUT2D eigenvalue weighted by Crippen LogP contribution is -2.15. The van der Waals surface area contributed by atoms with Crippen LogP contribution in [0.1, 0.15) is 18.5 Å². The average molecular weight is 428 g/mol. The Morgan fingerprint density at radius 1 is 1.17 bits per heavy atom. The van der Waals surface area contributed by atoms with Crippen LogP contribution in [0, 0.1) is 5.82 Å². The largest absolute Gasteiger partial charge is 0.329 e. The van der Waals surface area contributed by atoms with Crippen LogP contribution in [-0.4, -0.2) is 31.7 Å². The zero-order chi connectivity index (χ0) is 21.5. The Hall–Kier alpha value is -3.24. The molecule has 156 valence electrons.